The molecule has 0 bridgehead atoms. The van der Waals surface area contributed by atoms with E-state index in [-0.39, 0.29) is 29.6 Å². The molecule has 0 radical (unpaired) electrons. The third-order valence-corrected chi connectivity index (χ3v) is 13.1. The average molecular weight is 849 g/mol. The van der Waals surface area contributed by atoms with Gasteiger partial charge in [0.05, 0.1) is 24.4 Å². The lowest BCUT2D eigenvalue weighted by Gasteiger charge is -2.33. The molecule has 0 amide bonds. The lowest BCUT2D eigenvalue weighted by Crippen LogP contribution is -2.39. The van der Waals surface area contributed by atoms with Crippen molar-refractivity contribution in [2.45, 2.75) is 168 Å². The highest BCUT2D eigenvalue weighted by Crippen LogP contribution is 2.49. The zero-order chi connectivity index (χ0) is 45.9. The molecule has 0 heterocycles. The van der Waals surface area contributed by atoms with Gasteiger partial charge in [-0.3, -0.25) is 9.59 Å². The number of ether oxygens (including phenoxy) is 4. The molecule has 8 nitrogen and oxygen atoms in total. The molecular formula is C54H72O8. The molecule has 5 rings (SSSR count). The van der Waals surface area contributed by atoms with Crippen molar-refractivity contribution in [1.29, 1.82) is 0 Å². The number of carbonyl (C=O) groups is 2. The molecule has 0 fully saturated rings. The zero-order valence-electron chi connectivity index (χ0n) is 39.7. The topological polar surface area (TPSA) is 112 Å². The minimum Gasteiger partial charge on any atom is -0.488 e. The van der Waals surface area contributed by atoms with Gasteiger partial charge in [0.15, 0.2) is 0 Å². The van der Waals surface area contributed by atoms with E-state index in [2.05, 4.69) is 121 Å². The van der Waals surface area contributed by atoms with Gasteiger partial charge in [-0.2, -0.15) is 0 Å². The van der Waals surface area contributed by atoms with Crippen LogP contribution < -0.4 is 9.47 Å². The van der Waals surface area contributed by atoms with Crippen LogP contribution in [0.4, 0.5) is 0 Å². The number of hydrogen-bond acceptors (Lipinski definition) is 6. The van der Waals surface area contributed by atoms with Crippen LogP contribution in [0.3, 0.4) is 0 Å². The van der Waals surface area contributed by atoms with Gasteiger partial charge in [-0.15, -0.1) is 0 Å². The van der Waals surface area contributed by atoms with Gasteiger partial charge in [-0.05, 0) is 143 Å². The summed E-state index contributed by atoms with van der Waals surface area (Å²) in [6.45, 7) is 28.1. The predicted molar refractivity (Wildman–Crippen MR) is 249 cm³/mol. The number of benzene rings is 4. The van der Waals surface area contributed by atoms with Crippen LogP contribution in [0.25, 0.3) is 11.1 Å². The van der Waals surface area contributed by atoms with Crippen LogP contribution in [0.2, 0.25) is 0 Å². The molecule has 0 aliphatic heterocycles. The predicted octanol–water partition coefficient (Wildman–Crippen LogP) is 12.9. The first kappa shape index (κ1) is 48.4. The van der Waals surface area contributed by atoms with E-state index in [1.807, 2.05) is 53.7 Å². The lowest BCUT2D eigenvalue weighted by molar-refractivity contribution is -0.140. The molecule has 2 unspecified atom stereocenters. The van der Waals surface area contributed by atoms with Crippen LogP contribution in [-0.2, 0) is 29.9 Å². The third-order valence-electron chi connectivity index (χ3n) is 13.1. The standard InChI is InChI=1S/C54H72O8/c1-14-54(13,38-17-23-42(24-18-38)62-52(9,10)35-60-50(5,6)30-28-48(57)58)40-20-26-44-43-25-19-39(33-45(43)36(2)46(44)34-40)53(11,12)37-15-21-41(22-16-37)61-51(7,8)31-32-59-49(3,4)29-27-47(55)56/h15-26,33-34,36H,14,27-32,35H2,1-13H3,(H,55,56)(H,57,58). The van der Waals surface area contributed by atoms with Crippen molar-refractivity contribution < 1.29 is 38.7 Å². The number of rotatable bonds is 22. The van der Waals surface area contributed by atoms with Gasteiger partial charge in [0.1, 0.15) is 22.7 Å². The highest BCUT2D eigenvalue weighted by Gasteiger charge is 2.34. The Morgan fingerprint density at radius 2 is 0.968 bits per heavy atom. The molecule has 0 aromatic heterocycles. The van der Waals surface area contributed by atoms with Crippen LogP contribution in [-0.4, -0.2) is 57.8 Å². The monoisotopic (exact) mass is 849 g/mol. The van der Waals surface area contributed by atoms with E-state index in [4.69, 9.17) is 29.2 Å². The molecule has 1 aliphatic rings. The molecular weight excluding hydrogens is 777 g/mol. The molecule has 0 saturated heterocycles. The van der Waals surface area contributed by atoms with Crippen molar-refractivity contribution in [2.24, 2.45) is 0 Å². The molecule has 2 atom stereocenters. The summed E-state index contributed by atoms with van der Waals surface area (Å²) in [7, 11) is 0. The highest BCUT2D eigenvalue weighted by atomic mass is 16.6. The second-order valence-corrected chi connectivity index (χ2v) is 20.6. The Bertz CT molecular complexity index is 2180. The van der Waals surface area contributed by atoms with Crippen molar-refractivity contribution >= 4 is 11.9 Å². The van der Waals surface area contributed by atoms with Crippen molar-refractivity contribution in [2.75, 3.05) is 13.2 Å². The summed E-state index contributed by atoms with van der Waals surface area (Å²) in [5.41, 5.74) is 7.74. The van der Waals surface area contributed by atoms with Gasteiger partial charge in [0.2, 0.25) is 0 Å². The van der Waals surface area contributed by atoms with Crippen LogP contribution in [0.15, 0.2) is 84.9 Å². The Hall–Kier alpha value is -4.66. The number of fused-ring (bicyclic) bond motifs is 3. The van der Waals surface area contributed by atoms with Crippen LogP contribution >= 0.6 is 0 Å². The number of carboxylic acid groups (broad SMARTS) is 2. The molecule has 8 heteroatoms. The molecule has 336 valence electrons. The Morgan fingerprint density at radius 1 is 0.532 bits per heavy atom. The highest BCUT2D eigenvalue weighted by molar-refractivity contribution is 5.80. The SMILES string of the molecule is CCC(C)(c1ccc(OC(C)(C)COC(C)(C)CCC(=O)O)cc1)c1ccc2c(c1)C(C)c1cc(C(C)(C)c3ccc(OC(C)(C)CCOC(C)(C)CCC(=O)O)cc3)ccc1-2. The summed E-state index contributed by atoms with van der Waals surface area (Å²) in [6.07, 6.45) is 2.64. The molecule has 0 spiro atoms. The fourth-order valence-electron chi connectivity index (χ4n) is 8.43. The van der Waals surface area contributed by atoms with Gasteiger partial charge < -0.3 is 29.2 Å². The Kier molecular flexibility index (Phi) is 14.5. The molecule has 2 N–H and O–H groups in total. The van der Waals surface area contributed by atoms with Gasteiger partial charge in [0, 0.05) is 36.0 Å². The van der Waals surface area contributed by atoms with Crippen molar-refractivity contribution in [1.82, 2.24) is 0 Å². The maximum atomic E-state index is 11.1. The molecule has 4 aromatic carbocycles. The minimum absolute atomic E-state index is 0.0638. The van der Waals surface area contributed by atoms with Crippen molar-refractivity contribution in [3.8, 4) is 22.6 Å². The van der Waals surface area contributed by atoms with Gasteiger partial charge in [-0.25, -0.2) is 0 Å². The van der Waals surface area contributed by atoms with E-state index in [0.717, 1.165) is 17.9 Å². The largest absolute Gasteiger partial charge is 0.488 e. The summed E-state index contributed by atoms with van der Waals surface area (Å²) in [5, 5.41) is 18.2. The Morgan fingerprint density at radius 3 is 1.47 bits per heavy atom. The van der Waals surface area contributed by atoms with Crippen LogP contribution in [0.1, 0.15) is 168 Å². The van der Waals surface area contributed by atoms with E-state index in [9.17, 15) is 9.59 Å². The van der Waals surface area contributed by atoms with E-state index >= 15 is 0 Å². The quantitative estimate of drug-likeness (QED) is 0.0804. The first-order chi connectivity index (χ1) is 28.8. The number of hydrogen-bond donors (Lipinski definition) is 2. The fourth-order valence-corrected chi connectivity index (χ4v) is 8.43. The lowest BCUT2D eigenvalue weighted by atomic mass is 9.73. The summed E-state index contributed by atoms with van der Waals surface area (Å²) in [5.74, 6) is 0.182. The molecule has 4 aromatic rings. The van der Waals surface area contributed by atoms with Crippen molar-refractivity contribution in [3.05, 3.63) is 118 Å². The second kappa shape index (κ2) is 18.6. The fraction of sp³-hybridized carbons (Fsp3) is 0.519. The summed E-state index contributed by atoms with van der Waals surface area (Å²) in [6, 6.07) is 30.9. The van der Waals surface area contributed by atoms with E-state index in [0.29, 0.717) is 32.5 Å². The Labute approximate surface area is 371 Å². The van der Waals surface area contributed by atoms with Gasteiger partial charge in [0.25, 0.3) is 0 Å². The summed E-state index contributed by atoms with van der Waals surface area (Å²) in [4.78, 5) is 22.1. The maximum absolute atomic E-state index is 11.1. The van der Waals surface area contributed by atoms with Crippen molar-refractivity contribution in [3.63, 3.8) is 0 Å². The smallest absolute Gasteiger partial charge is 0.303 e. The number of carboxylic acids is 2. The number of aliphatic carboxylic acids is 2. The van der Waals surface area contributed by atoms with Gasteiger partial charge in [-0.1, -0.05) is 95.3 Å². The third kappa shape index (κ3) is 11.9. The summed E-state index contributed by atoms with van der Waals surface area (Å²) < 4.78 is 25.0. The van der Waals surface area contributed by atoms with E-state index in [1.54, 1.807) is 0 Å². The summed E-state index contributed by atoms with van der Waals surface area (Å²) >= 11 is 0. The first-order valence-corrected chi connectivity index (χ1v) is 22.4. The minimum atomic E-state index is -0.824. The van der Waals surface area contributed by atoms with E-state index in [1.165, 1.54) is 44.5 Å². The first-order valence-electron chi connectivity index (χ1n) is 22.4. The molecule has 1 aliphatic carbocycles. The van der Waals surface area contributed by atoms with Crippen LogP contribution in [0.5, 0.6) is 11.5 Å². The Balaban J connectivity index is 1.25. The molecule has 0 saturated carbocycles. The molecule has 62 heavy (non-hydrogen) atoms. The zero-order valence-corrected chi connectivity index (χ0v) is 39.7. The van der Waals surface area contributed by atoms with E-state index < -0.39 is 34.3 Å². The van der Waals surface area contributed by atoms with Gasteiger partial charge >= 0.3 is 11.9 Å². The normalized spacial score (nSPS) is 15.4. The van der Waals surface area contributed by atoms with Crippen LogP contribution in [0, 0.1) is 0 Å². The maximum Gasteiger partial charge on any atom is 0.303 e. The average Bonchev–Trinajstić information content (AvgIpc) is 3.48. The second-order valence-electron chi connectivity index (χ2n) is 20.6.